The molecule has 0 saturated heterocycles. The average Bonchev–Trinajstić information content (AvgIpc) is 2.69. The van der Waals surface area contributed by atoms with Crippen LogP contribution in [-0.2, 0) is 16.6 Å². The number of halogens is 2. The lowest BCUT2D eigenvalue weighted by molar-refractivity contribution is -0.0498. The Morgan fingerprint density at radius 1 is 1.07 bits per heavy atom. The molecule has 0 N–H and O–H groups in total. The van der Waals surface area contributed by atoms with Gasteiger partial charge in [0.05, 0.1) is 4.90 Å². The molecule has 0 radical (unpaired) electrons. The molecule has 2 aromatic carbocycles. The van der Waals surface area contributed by atoms with Gasteiger partial charge in [0.15, 0.2) is 0 Å². The monoisotopic (exact) mass is 426 g/mol. The van der Waals surface area contributed by atoms with Crippen LogP contribution in [0.5, 0.6) is 5.75 Å². The van der Waals surface area contributed by atoms with Crippen LogP contribution in [0.15, 0.2) is 53.4 Å². The Kier molecular flexibility index (Phi) is 7.69. The number of ether oxygens (including phenoxy) is 1. The first-order chi connectivity index (χ1) is 13.7. The lowest BCUT2D eigenvalue weighted by Crippen LogP contribution is -2.31. The summed E-state index contributed by atoms with van der Waals surface area (Å²) in [6, 6.07) is 11.9. The molecule has 29 heavy (non-hydrogen) atoms. The number of sulfonamides is 1. The number of hydrogen-bond donors (Lipinski definition) is 0. The quantitative estimate of drug-likeness (QED) is 0.615. The molecule has 0 unspecified atom stereocenters. The third-order valence-electron chi connectivity index (χ3n) is 4.34. The normalized spacial score (nSPS) is 11.7. The van der Waals surface area contributed by atoms with E-state index in [0.29, 0.717) is 13.1 Å². The molecule has 6 nitrogen and oxygen atoms in total. The summed E-state index contributed by atoms with van der Waals surface area (Å²) in [4.78, 5) is 14.2. The summed E-state index contributed by atoms with van der Waals surface area (Å²) in [5.41, 5.74) is 0.966. The predicted molar refractivity (Wildman–Crippen MR) is 105 cm³/mol. The molecule has 2 aromatic rings. The van der Waals surface area contributed by atoms with Gasteiger partial charge in [-0.1, -0.05) is 32.0 Å². The fraction of sp³-hybridized carbons (Fsp3) is 0.350. The molecular formula is C20H24F2N2O4S. The number of alkyl halides is 2. The van der Waals surface area contributed by atoms with E-state index in [1.54, 1.807) is 39.1 Å². The van der Waals surface area contributed by atoms with Gasteiger partial charge in [-0.3, -0.25) is 4.79 Å². The number of nitrogens with zero attached hydrogens (tertiary/aromatic N) is 2. The topological polar surface area (TPSA) is 66.9 Å². The zero-order valence-electron chi connectivity index (χ0n) is 16.5. The van der Waals surface area contributed by atoms with Crippen LogP contribution < -0.4 is 4.74 Å². The second kappa shape index (κ2) is 9.80. The predicted octanol–water partition coefficient (Wildman–Crippen LogP) is 3.59. The van der Waals surface area contributed by atoms with E-state index in [9.17, 15) is 22.0 Å². The molecule has 0 fully saturated rings. The highest BCUT2D eigenvalue weighted by Crippen LogP contribution is 2.19. The summed E-state index contributed by atoms with van der Waals surface area (Å²) in [7, 11) is -2.09. The maximum Gasteiger partial charge on any atom is 0.387 e. The second-order valence-corrected chi connectivity index (χ2v) is 8.24. The molecule has 0 aromatic heterocycles. The molecule has 1 amide bonds. The summed E-state index contributed by atoms with van der Waals surface area (Å²) < 4.78 is 55.4. The van der Waals surface area contributed by atoms with E-state index >= 15 is 0 Å². The SMILES string of the molecule is CCN(CC)S(=O)(=O)c1cccc(C(=O)N(C)Cc2ccc(OC(F)F)cc2)c1. The van der Waals surface area contributed by atoms with Crippen molar-refractivity contribution in [2.75, 3.05) is 20.1 Å². The molecule has 0 aliphatic rings. The van der Waals surface area contributed by atoms with Gasteiger partial charge in [0, 0.05) is 32.2 Å². The summed E-state index contributed by atoms with van der Waals surface area (Å²) in [5, 5.41) is 0. The molecule has 0 spiro atoms. The molecule has 2 rings (SSSR count). The van der Waals surface area contributed by atoms with E-state index in [-0.39, 0.29) is 28.7 Å². The summed E-state index contributed by atoms with van der Waals surface area (Å²) in [6.45, 7) is 1.50. The first-order valence-corrected chi connectivity index (χ1v) is 10.5. The maximum absolute atomic E-state index is 12.7. The fourth-order valence-corrected chi connectivity index (χ4v) is 4.35. The van der Waals surface area contributed by atoms with Crippen LogP contribution in [0, 0.1) is 0 Å². The van der Waals surface area contributed by atoms with Crippen molar-refractivity contribution in [3.8, 4) is 5.75 Å². The maximum atomic E-state index is 12.7. The number of carbonyl (C=O) groups excluding carboxylic acids is 1. The molecule has 0 aliphatic heterocycles. The van der Waals surface area contributed by atoms with Gasteiger partial charge in [0.25, 0.3) is 5.91 Å². The van der Waals surface area contributed by atoms with Gasteiger partial charge in [-0.15, -0.1) is 0 Å². The molecule has 0 bridgehead atoms. The highest BCUT2D eigenvalue weighted by atomic mass is 32.2. The summed E-state index contributed by atoms with van der Waals surface area (Å²) in [6.07, 6.45) is 0. The summed E-state index contributed by atoms with van der Waals surface area (Å²) >= 11 is 0. The number of hydrogen-bond acceptors (Lipinski definition) is 4. The largest absolute Gasteiger partial charge is 0.435 e. The Balaban J connectivity index is 2.15. The van der Waals surface area contributed by atoms with Crippen molar-refractivity contribution in [2.45, 2.75) is 31.9 Å². The smallest absolute Gasteiger partial charge is 0.387 e. The first kappa shape index (κ1) is 22.8. The van der Waals surface area contributed by atoms with Crippen molar-refractivity contribution in [3.05, 3.63) is 59.7 Å². The van der Waals surface area contributed by atoms with E-state index in [1.807, 2.05) is 0 Å². The van der Waals surface area contributed by atoms with Crippen LogP contribution in [0.25, 0.3) is 0 Å². The van der Waals surface area contributed by atoms with Crippen molar-refractivity contribution >= 4 is 15.9 Å². The van der Waals surface area contributed by atoms with Crippen LogP contribution in [0.4, 0.5) is 8.78 Å². The van der Waals surface area contributed by atoms with Gasteiger partial charge in [0.1, 0.15) is 5.75 Å². The standard InChI is InChI=1S/C20H24F2N2O4S/c1-4-24(5-2)29(26,27)18-8-6-7-16(13-18)19(25)23(3)14-15-9-11-17(12-10-15)28-20(21)22/h6-13,20H,4-5,14H2,1-3H3. The molecular weight excluding hydrogens is 402 g/mol. The highest BCUT2D eigenvalue weighted by molar-refractivity contribution is 7.89. The van der Waals surface area contributed by atoms with Crippen LogP contribution in [0.2, 0.25) is 0 Å². The van der Waals surface area contributed by atoms with Gasteiger partial charge in [-0.2, -0.15) is 13.1 Å². The third kappa shape index (κ3) is 5.74. The van der Waals surface area contributed by atoms with Crippen LogP contribution in [0.3, 0.4) is 0 Å². The van der Waals surface area contributed by atoms with E-state index in [2.05, 4.69) is 4.74 Å². The van der Waals surface area contributed by atoms with E-state index < -0.39 is 16.6 Å². The minimum absolute atomic E-state index is 0.0343. The molecule has 9 heteroatoms. The van der Waals surface area contributed by atoms with E-state index in [1.165, 1.54) is 39.5 Å². The zero-order valence-corrected chi connectivity index (χ0v) is 17.3. The number of benzene rings is 2. The van der Waals surface area contributed by atoms with E-state index in [0.717, 1.165) is 5.56 Å². The van der Waals surface area contributed by atoms with Gasteiger partial charge in [-0.05, 0) is 35.9 Å². The highest BCUT2D eigenvalue weighted by Gasteiger charge is 2.23. The Hall–Kier alpha value is -2.52. The Bertz CT molecular complexity index is 930. The van der Waals surface area contributed by atoms with Crippen molar-refractivity contribution in [1.82, 2.24) is 9.21 Å². The molecule has 158 valence electrons. The van der Waals surface area contributed by atoms with Gasteiger partial charge >= 0.3 is 6.61 Å². The Morgan fingerprint density at radius 2 is 1.69 bits per heavy atom. The van der Waals surface area contributed by atoms with Crippen molar-refractivity contribution in [3.63, 3.8) is 0 Å². The number of amides is 1. The number of carbonyl (C=O) groups is 1. The van der Waals surface area contributed by atoms with Gasteiger partial charge in [0.2, 0.25) is 10.0 Å². The third-order valence-corrected chi connectivity index (χ3v) is 6.39. The lowest BCUT2D eigenvalue weighted by atomic mass is 10.1. The number of rotatable bonds is 9. The zero-order chi connectivity index (χ0) is 21.6. The van der Waals surface area contributed by atoms with Gasteiger partial charge in [-0.25, -0.2) is 8.42 Å². The van der Waals surface area contributed by atoms with Gasteiger partial charge < -0.3 is 9.64 Å². The van der Waals surface area contributed by atoms with Crippen molar-refractivity contribution < 1.29 is 26.7 Å². The fourth-order valence-electron chi connectivity index (χ4n) is 2.84. The van der Waals surface area contributed by atoms with Crippen molar-refractivity contribution in [1.29, 1.82) is 0 Å². The molecule has 0 atom stereocenters. The minimum atomic E-state index is -3.67. The first-order valence-electron chi connectivity index (χ1n) is 9.08. The lowest BCUT2D eigenvalue weighted by Gasteiger charge is -2.20. The minimum Gasteiger partial charge on any atom is -0.435 e. The second-order valence-electron chi connectivity index (χ2n) is 6.30. The van der Waals surface area contributed by atoms with Crippen LogP contribution in [0.1, 0.15) is 29.8 Å². The van der Waals surface area contributed by atoms with Crippen LogP contribution >= 0.6 is 0 Å². The Morgan fingerprint density at radius 3 is 2.24 bits per heavy atom. The van der Waals surface area contributed by atoms with E-state index in [4.69, 9.17) is 0 Å². The van der Waals surface area contributed by atoms with Crippen LogP contribution in [-0.4, -0.2) is 50.3 Å². The van der Waals surface area contributed by atoms with Crippen molar-refractivity contribution in [2.24, 2.45) is 0 Å². The average molecular weight is 426 g/mol. The molecule has 0 saturated carbocycles. The Labute approximate surface area is 169 Å². The summed E-state index contributed by atoms with van der Waals surface area (Å²) in [5.74, 6) is -0.318. The molecule has 0 heterocycles. The molecule has 0 aliphatic carbocycles.